The van der Waals surface area contributed by atoms with Crippen LogP contribution in [-0.2, 0) is 11.2 Å². The van der Waals surface area contributed by atoms with Gasteiger partial charge in [0.15, 0.2) is 0 Å². The zero-order chi connectivity index (χ0) is 13.9. The van der Waals surface area contributed by atoms with E-state index < -0.39 is 0 Å². The largest absolute Gasteiger partial charge is 0.342 e. The first-order chi connectivity index (χ1) is 9.78. The van der Waals surface area contributed by atoms with Crippen LogP contribution >= 0.6 is 12.6 Å². The molecule has 1 fully saturated rings. The van der Waals surface area contributed by atoms with Crippen LogP contribution in [0.4, 0.5) is 0 Å². The Morgan fingerprint density at radius 2 is 2.15 bits per heavy atom. The highest BCUT2D eigenvalue weighted by molar-refractivity contribution is 7.80. The molecule has 0 spiro atoms. The van der Waals surface area contributed by atoms with Gasteiger partial charge in [0.25, 0.3) is 0 Å². The summed E-state index contributed by atoms with van der Waals surface area (Å²) in [5, 5.41) is 1.19. The number of para-hydroxylation sites is 1. The zero-order valence-corrected chi connectivity index (χ0v) is 12.2. The number of thiol groups is 1. The number of amides is 1. The second kappa shape index (κ2) is 5.83. The van der Waals surface area contributed by atoms with Crippen molar-refractivity contribution in [2.45, 2.75) is 12.8 Å². The van der Waals surface area contributed by atoms with E-state index in [0.717, 1.165) is 30.8 Å². The van der Waals surface area contributed by atoms with Gasteiger partial charge in [-0.2, -0.15) is 12.6 Å². The van der Waals surface area contributed by atoms with E-state index in [1.54, 1.807) is 0 Å². The van der Waals surface area contributed by atoms with Gasteiger partial charge in [-0.1, -0.05) is 18.2 Å². The summed E-state index contributed by atoms with van der Waals surface area (Å²) in [4.78, 5) is 18.2. The molecule has 3 nitrogen and oxygen atoms in total. The minimum absolute atomic E-state index is 0.266. The van der Waals surface area contributed by atoms with E-state index in [-0.39, 0.29) is 5.91 Å². The summed E-state index contributed by atoms with van der Waals surface area (Å²) in [5.41, 5.74) is 2.28. The maximum absolute atomic E-state index is 11.9. The highest BCUT2D eigenvalue weighted by atomic mass is 32.1. The SMILES string of the molecule is O=C1CC(CS)CN1CCc1ccnc2ccccc12. The Morgan fingerprint density at radius 1 is 1.30 bits per heavy atom. The molecular formula is C16H18N2OS. The lowest BCUT2D eigenvalue weighted by Gasteiger charge is -2.16. The number of hydrogen-bond acceptors (Lipinski definition) is 3. The predicted molar refractivity (Wildman–Crippen MR) is 84.0 cm³/mol. The van der Waals surface area contributed by atoms with Crippen molar-refractivity contribution in [3.05, 3.63) is 42.1 Å². The van der Waals surface area contributed by atoms with Gasteiger partial charge in [-0.05, 0) is 35.8 Å². The third-order valence-corrected chi connectivity index (χ3v) is 4.46. The molecule has 1 aliphatic rings. The van der Waals surface area contributed by atoms with Gasteiger partial charge in [0.05, 0.1) is 5.52 Å². The number of carbonyl (C=O) groups is 1. The first kappa shape index (κ1) is 13.4. The molecule has 1 aromatic heterocycles. The van der Waals surface area contributed by atoms with Crippen molar-refractivity contribution < 1.29 is 4.79 Å². The van der Waals surface area contributed by atoms with Gasteiger partial charge in [-0.15, -0.1) is 0 Å². The Balaban J connectivity index is 1.73. The van der Waals surface area contributed by atoms with Gasteiger partial charge in [-0.3, -0.25) is 9.78 Å². The Kier molecular flexibility index (Phi) is 3.92. The van der Waals surface area contributed by atoms with Gasteiger partial charge >= 0.3 is 0 Å². The summed E-state index contributed by atoms with van der Waals surface area (Å²) < 4.78 is 0. The Morgan fingerprint density at radius 3 is 2.95 bits per heavy atom. The maximum Gasteiger partial charge on any atom is 0.222 e. The van der Waals surface area contributed by atoms with Crippen molar-refractivity contribution in [1.29, 1.82) is 0 Å². The topological polar surface area (TPSA) is 33.2 Å². The van der Waals surface area contributed by atoms with Gasteiger partial charge in [0, 0.05) is 31.1 Å². The Bertz CT molecular complexity index is 623. The van der Waals surface area contributed by atoms with E-state index in [0.29, 0.717) is 12.3 Å². The van der Waals surface area contributed by atoms with Crippen molar-refractivity contribution in [1.82, 2.24) is 9.88 Å². The average Bonchev–Trinajstić information content (AvgIpc) is 2.85. The number of pyridine rings is 1. The highest BCUT2D eigenvalue weighted by Gasteiger charge is 2.28. The summed E-state index contributed by atoms with van der Waals surface area (Å²) in [6.07, 6.45) is 3.38. The van der Waals surface area contributed by atoms with Gasteiger partial charge < -0.3 is 4.90 Å². The standard InChI is InChI=1S/C16H18N2OS/c19-16-9-12(11-20)10-18(16)8-6-13-5-7-17-15-4-2-1-3-14(13)15/h1-5,7,12,20H,6,8-11H2. The molecule has 0 aliphatic carbocycles. The lowest BCUT2D eigenvalue weighted by atomic mass is 10.1. The van der Waals surface area contributed by atoms with Crippen LogP contribution in [0.1, 0.15) is 12.0 Å². The molecule has 4 heteroatoms. The average molecular weight is 286 g/mol. The fourth-order valence-electron chi connectivity index (χ4n) is 2.82. The highest BCUT2D eigenvalue weighted by Crippen LogP contribution is 2.21. The quantitative estimate of drug-likeness (QED) is 0.876. The van der Waals surface area contributed by atoms with Gasteiger partial charge in [-0.25, -0.2) is 0 Å². The molecule has 2 aromatic rings. The minimum atomic E-state index is 0.266. The van der Waals surface area contributed by atoms with E-state index >= 15 is 0 Å². The number of benzene rings is 1. The Hall–Kier alpha value is -1.55. The van der Waals surface area contributed by atoms with Crippen LogP contribution in [0.2, 0.25) is 0 Å². The van der Waals surface area contributed by atoms with E-state index in [1.807, 2.05) is 29.3 Å². The van der Waals surface area contributed by atoms with Crippen LogP contribution < -0.4 is 0 Å². The normalized spacial score (nSPS) is 18.9. The number of nitrogens with zero attached hydrogens (tertiary/aromatic N) is 2. The van der Waals surface area contributed by atoms with E-state index in [1.165, 1.54) is 10.9 Å². The second-order valence-electron chi connectivity index (χ2n) is 5.33. The van der Waals surface area contributed by atoms with Crippen molar-refractivity contribution in [2.75, 3.05) is 18.8 Å². The van der Waals surface area contributed by atoms with Crippen LogP contribution in [0, 0.1) is 5.92 Å². The fourth-order valence-corrected chi connectivity index (χ4v) is 3.07. The first-order valence-corrected chi connectivity index (χ1v) is 7.62. The molecule has 1 amide bonds. The lowest BCUT2D eigenvalue weighted by Crippen LogP contribution is -2.27. The molecule has 104 valence electrons. The number of aromatic nitrogens is 1. The van der Waals surface area contributed by atoms with Crippen LogP contribution in [0.25, 0.3) is 10.9 Å². The molecule has 1 atom stereocenters. The summed E-state index contributed by atoms with van der Waals surface area (Å²) in [5.74, 6) is 1.47. The van der Waals surface area contributed by atoms with Crippen molar-refractivity contribution in [2.24, 2.45) is 5.92 Å². The number of carbonyl (C=O) groups excluding carboxylic acids is 1. The fraction of sp³-hybridized carbons (Fsp3) is 0.375. The summed E-state index contributed by atoms with van der Waals surface area (Å²) in [6.45, 7) is 1.64. The molecule has 20 heavy (non-hydrogen) atoms. The zero-order valence-electron chi connectivity index (χ0n) is 11.3. The Labute approximate surface area is 124 Å². The van der Waals surface area contributed by atoms with Crippen LogP contribution in [-0.4, -0.2) is 34.6 Å². The van der Waals surface area contributed by atoms with Crippen molar-refractivity contribution in [3.63, 3.8) is 0 Å². The summed E-state index contributed by atoms with van der Waals surface area (Å²) in [7, 11) is 0. The van der Waals surface area contributed by atoms with Crippen LogP contribution in [0.5, 0.6) is 0 Å². The van der Waals surface area contributed by atoms with Crippen molar-refractivity contribution in [3.8, 4) is 0 Å². The molecule has 0 radical (unpaired) electrons. The molecular weight excluding hydrogens is 268 g/mol. The van der Waals surface area contributed by atoms with Gasteiger partial charge in [0.2, 0.25) is 5.91 Å². The molecule has 0 bridgehead atoms. The summed E-state index contributed by atoms with van der Waals surface area (Å²) >= 11 is 4.30. The number of fused-ring (bicyclic) bond motifs is 1. The molecule has 3 rings (SSSR count). The van der Waals surface area contributed by atoms with E-state index in [4.69, 9.17) is 0 Å². The third kappa shape index (κ3) is 2.66. The predicted octanol–water partition coefficient (Wildman–Crippen LogP) is 2.56. The minimum Gasteiger partial charge on any atom is -0.342 e. The van der Waals surface area contributed by atoms with Crippen LogP contribution in [0.15, 0.2) is 36.5 Å². The maximum atomic E-state index is 11.9. The molecule has 1 aliphatic heterocycles. The molecule has 2 heterocycles. The second-order valence-corrected chi connectivity index (χ2v) is 5.69. The van der Waals surface area contributed by atoms with E-state index in [2.05, 4.69) is 29.7 Å². The molecule has 1 unspecified atom stereocenters. The number of likely N-dealkylation sites (tertiary alicyclic amines) is 1. The number of rotatable bonds is 4. The number of hydrogen-bond donors (Lipinski definition) is 1. The molecule has 1 aromatic carbocycles. The third-order valence-electron chi connectivity index (χ3n) is 3.94. The molecule has 0 N–H and O–H groups in total. The molecule has 1 saturated heterocycles. The van der Waals surface area contributed by atoms with E-state index in [9.17, 15) is 4.79 Å². The first-order valence-electron chi connectivity index (χ1n) is 6.99. The lowest BCUT2D eigenvalue weighted by molar-refractivity contribution is -0.127. The van der Waals surface area contributed by atoms with Crippen LogP contribution in [0.3, 0.4) is 0 Å². The van der Waals surface area contributed by atoms with Gasteiger partial charge in [0.1, 0.15) is 0 Å². The molecule has 0 saturated carbocycles. The smallest absolute Gasteiger partial charge is 0.222 e. The summed E-state index contributed by atoms with van der Waals surface area (Å²) in [6, 6.07) is 10.2. The monoisotopic (exact) mass is 286 g/mol. The van der Waals surface area contributed by atoms with Crippen molar-refractivity contribution >= 4 is 29.4 Å².